The molecule has 20 heavy (non-hydrogen) atoms. The van der Waals surface area contributed by atoms with Crippen LogP contribution in [0.5, 0.6) is 0 Å². The van der Waals surface area contributed by atoms with E-state index in [2.05, 4.69) is 15.6 Å². The molecule has 1 aliphatic heterocycles. The fraction of sp³-hybridized carbons (Fsp3) is 0.267. The molecule has 2 heterocycles. The molecule has 0 saturated carbocycles. The van der Waals surface area contributed by atoms with E-state index in [1.54, 1.807) is 0 Å². The van der Waals surface area contributed by atoms with E-state index >= 15 is 0 Å². The van der Waals surface area contributed by atoms with E-state index in [0.717, 1.165) is 16.6 Å². The molecule has 1 unspecified atom stereocenters. The SMILES string of the molecule is O=C1CCC(NCc2ccc3ccccc3n2)C(=O)N1. The van der Waals surface area contributed by atoms with Crippen LogP contribution in [-0.2, 0) is 16.1 Å². The summed E-state index contributed by atoms with van der Waals surface area (Å²) in [6.45, 7) is 0.511. The van der Waals surface area contributed by atoms with Crippen molar-refractivity contribution >= 4 is 22.7 Å². The third kappa shape index (κ3) is 2.67. The van der Waals surface area contributed by atoms with Crippen LogP contribution in [-0.4, -0.2) is 22.8 Å². The number of amides is 2. The molecule has 1 aromatic carbocycles. The van der Waals surface area contributed by atoms with Crippen molar-refractivity contribution in [2.24, 2.45) is 0 Å². The maximum Gasteiger partial charge on any atom is 0.243 e. The third-order valence-corrected chi connectivity index (χ3v) is 3.42. The summed E-state index contributed by atoms with van der Waals surface area (Å²) in [5.74, 6) is -0.445. The van der Waals surface area contributed by atoms with Crippen LogP contribution < -0.4 is 10.6 Å². The van der Waals surface area contributed by atoms with Gasteiger partial charge in [-0.3, -0.25) is 19.9 Å². The standard InChI is InChI=1S/C15H15N3O2/c19-14-8-7-13(15(20)18-14)16-9-11-6-5-10-3-1-2-4-12(10)17-11/h1-6,13,16H,7-9H2,(H,18,19,20). The van der Waals surface area contributed by atoms with Gasteiger partial charge in [0, 0.05) is 18.4 Å². The van der Waals surface area contributed by atoms with Crippen LogP contribution in [0, 0.1) is 0 Å². The lowest BCUT2D eigenvalue weighted by molar-refractivity contribution is -0.134. The van der Waals surface area contributed by atoms with E-state index in [1.807, 2.05) is 36.4 Å². The zero-order valence-corrected chi connectivity index (χ0v) is 10.9. The van der Waals surface area contributed by atoms with E-state index in [-0.39, 0.29) is 17.9 Å². The predicted molar refractivity (Wildman–Crippen MR) is 74.8 cm³/mol. The van der Waals surface area contributed by atoms with Gasteiger partial charge in [0.2, 0.25) is 11.8 Å². The second kappa shape index (κ2) is 5.38. The maximum atomic E-state index is 11.6. The molecule has 1 aromatic heterocycles. The normalized spacial score (nSPS) is 19.1. The number of fused-ring (bicyclic) bond motifs is 1. The van der Waals surface area contributed by atoms with Gasteiger partial charge in [-0.2, -0.15) is 0 Å². The fourth-order valence-electron chi connectivity index (χ4n) is 2.32. The Bertz CT molecular complexity index is 669. The first-order valence-corrected chi connectivity index (χ1v) is 6.64. The molecule has 1 atom stereocenters. The number of benzene rings is 1. The number of hydrogen-bond acceptors (Lipinski definition) is 4. The number of aromatic nitrogens is 1. The highest BCUT2D eigenvalue weighted by molar-refractivity contribution is 6.00. The van der Waals surface area contributed by atoms with Gasteiger partial charge in [0.1, 0.15) is 0 Å². The van der Waals surface area contributed by atoms with Crippen LogP contribution >= 0.6 is 0 Å². The number of nitrogens with zero attached hydrogens (tertiary/aromatic N) is 1. The maximum absolute atomic E-state index is 11.6. The first-order chi connectivity index (χ1) is 9.72. The van der Waals surface area contributed by atoms with Gasteiger partial charge in [-0.25, -0.2) is 0 Å². The summed E-state index contributed by atoms with van der Waals surface area (Å²) in [6.07, 6.45) is 0.923. The number of nitrogens with one attached hydrogen (secondary N) is 2. The van der Waals surface area contributed by atoms with E-state index < -0.39 is 0 Å². The van der Waals surface area contributed by atoms with Crippen LogP contribution in [0.25, 0.3) is 10.9 Å². The highest BCUT2D eigenvalue weighted by Crippen LogP contribution is 2.12. The number of imide groups is 1. The van der Waals surface area contributed by atoms with Crippen molar-refractivity contribution in [1.82, 2.24) is 15.6 Å². The number of hydrogen-bond donors (Lipinski definition) is 2. The first-order valence-electron chi connectivity index (χ1n) is 6.64. The number of carbonyl (C=O) groups is 2. The Morgan fingerprint density at radius 1 is 1.20 bits per heavy atom. The quantitative estimate of drug-likeness (QED) is 0.819. The molecular formula is C15H15N3O2. The third-order valence-electron chi connectivity index (χ3n) is 3.42. The minimum Gasteiger partial charge on any atom is -0.300 e. The lowest BCUT2D eigenvalue weighted by Crippen LogP contribution is -2.50. The molecule has 2 N–H and O–H groups in total. The van der Waals surface area contributed by atoms with Crippen LogP contribution in [0.3, 0.4) is 0 Å². The summed E-state index contributed by atoms with van der Waals surface area (Å²) in [7, 11) is 0. The Morgan fingerprint density at radius 3 is 2.90 bits per heavy atom. The highest BCUT2D eigenvalue weighted by atomic mass is 16.2. The number of carbonyl (C=O) groups excluding carboxylic acids is 2. The molecule has 0 radical (unpaired) electrons. The Kier molecular flexibility index (Phi) is 3.43. The second-order valence-corrected chi connectivity index (χ2v) is 4.88. The van der Waals surface area contributed by atoms with Gasteiger partial charge in [-0.05, 0) is 18.6 Å². The van der Waals surface area contributed by atoms with Crippen molar-refractivity contribution in [3.05, 3.63) is 42.1 Å². The van der Waals surface area contributed by atoms with Gasteiger partial charge < -0.3 is 5.32 Å². The zero-order valence-electron chi connectivity index (χ0n) is 10.9. The number of piperidine rings is 1. The van der Waals surface area contributed by atoms with Crippen molar-refractivity contribution in [2.75, 3.05) is 0 Å². The molecule has 1 aliphatic rings. The number of rotatable bonds is 3. The van der Waals surface area contributed by atoms with Crippen molar-refractivity contribution in [3.8, 4) is 0 Å². The van der Waals surface area contributed by atoms with E-state index in [0.29, 0.717) is 19.4 Å². The monoisotopic (exact) mass is 269 g/mol. The van der Waals surface area contributed by atoms with Crippen LogP contribution in [0.15, 0.2) is 36.4 Å². The molecule has 5 nitrogen and oxygen atoms in total. The van der Waals surface area contributed by atoms with Gasteiger partial charge in [0.25, 0.3) is 0 Å². The van der Waals surface area contributed by atoms with Crippen molar-refractivity contribution in [3.63, 3.8) is 0 Å². The van der Waals surface area contributed by atoms with Crippen molar-refractivity contribution in [1.29, 1.82) is 0 Å². The first kappa shape index (κ1) is 12.7. The summed E-state index contributed by atoms with van der Waals surface area (Å²) >= 11 is 0. The Labute approximate surface area is 116 Å². The second-order valence-electron chi connectivity index (χ2n) is 4.88. The molecule has 0 spiro atoms. The van der Waals surface area contributed by atoms with Crippen LogP contribution in [0.1, 0.15) is 18.5 Å². The van der Waals surface area contributed by atoms with Gasteiger partial charge in [-0.15, -0.1) is 0 Å². The van der Waals surface area contributed by atoms with Gasteiger partial charge >= 0.3 is 0 Å². The van der Waals surface area contributed by atoms with Gasteiger partial charge in [0.15, 0.2) is 0 Å². The van der Waals surface area contributed by atoms with Crippen LogP contribution in [0.4, 0.5) is 0 Å². The lowest BCUT2D eigenvalue weighted by atomic mass is 10.1. The molecule has 2 aromatic rings. The molecule has 2 amide bonds. The predicted octanol–water partition coefficient (Wildman–Crippen LogP) is 1.13. The Hall–Kier alpha value is -2.27. The topological polar surface area (TPSA) is 71.1 Å². The largest absolute Gasteiger partial charge is 0.300 e. The highest BCUT2D eigenvalue weighted by Gasteiger charge is 2.25. The summed E-state index contributed by atoms with van der Waals surface area (Å²) in [4.78, 5) is 27.2. The molecule has 0 aliphatic carbocycles. The molecular weight excluding hydrogens is 254 g/mol. The lowest BCUT2D eigenvalue weighted by Gasteiger charge is -2.21. The Balaban J connectivity index is 1.67. The van der Waals surface area contributed by atoms with E-state index in [4.69, 9.17) is 0 Å². The van der Waals surface area contributed by atoms with Gasteiger partial charge in [-0.1, -0.05) is 24.3 Å². The molecule has 0 bridgehead atoms. The summed E-state index contributed by atoms with van der Waals surface area (Å²) in [5.41, 5.74) is 1.82. The molecule has 3 rings (SSSR count). The summed E-state index contributed by atoms with van der Waals surface area (Å²) in [6, 6.07) is 11.6. The average molecular weight is 269 g/mol. The number of para-hydroxylation sites is 1. The molecule has 102 valence electrons. The molecule has 5 heteroatoms. The Morgan fingerprint density at radius 2 is 2.05 bits per heavy atom. The van der Waals surface area contributed by atoms with E-state index in [1.165, 1.54) is 0 Å². The van der Waals surface area contributed by atoms with Crippen LogP contribution in [0.2, 0.25) is 0 Å². The minimum absolute atomic E-state index is 0.197. The van der Waals surface area contributed by atoms with Gasteiger partial charge in [0.05, 0.1) is 17.3 Å². The molecule has 1 saturated heterocycles. The fourth-order valence-corrected chi connectivity index (χ4v) is 2.32. The summed E-state index contributed by atoms with van der Waals surface area (Å²) in [5, 5.41) is 6.58. The number of pyridine rings is 1. The zero-order chi connectivity index (χ0) is 13.9. The smallest absolute Gasteiger partial charge is 0.243 e. The average Bonchev–Trinajstić information content (AvgIpc) is 2.46. The molecule has 1 fully saturated rings. The van der Waals surface area contributed by atoms with Crippen molar-refractivity contribution < 1.29 is 9.59 Å². The minimum atomic E-state index is -0.319. The van der Waals surface area contributed by atoms with Crippen molar-refractivity contribution in [2.45, 2.75) is 25.4 Å². The summed E-state index contributed by atoms with van der Waals surface area (Å²) < 4.78 is 0. The van der Waals surface area contributed by atoms with E-state index in [9.17, 15) is 9.59 Å².